The Balaban J connectivity index is 1.76. The minimum atomic E-state index is -0.337. The first-order valence-electron chi connectivity index (χ1n) is 7.67. The van der Waals surface area contributed by atoms with Crippen LogP contribution in [-0.2, 0) is 9.47 Å². The fourth-order valence-electron chi connectivity index (χ4n) is 2.75. The highest BCUT2D eigenvalue weighted by Gasteiger charge is 2.30. The third-order valence-electron chi connectivity index (χ3n) is 3.94. The van der Waals surface area contributed by atoms with Crippen LogP contribution in [0.1, 0.15) is 41.0 Å². The van der Waals surface area contributed by atoms with Crippen LogP contribution in [0.3, 0.4) is 0 Å². The largest absolute Gasteiger partial charge is 0.455 e. The van der Waals surface area contributed by atoms with Crippen LogP contribution in [0.4, 0.5) is 0 Å². The Kier molecular flexibility index (Phi) is 4.97. The van der Waals surface area contributed by atoms with E-state index in [2.05, 4.69) is 15.0 Å². The Hall–Kier alpha value is -1.86. The number of nitrogens with zero attached hydrogens (tertiary/aromatic N) is 3. The van der Waals surface area contributed by atoms with E-state index in [0.29, 0.717) is 21.4 Å². The lowest BCUT2D eigenvalue weighted by atomic mass is 9.94. The molecular weight excluding hydrogens is 314 g/mol. The van der Waals surface area contributed by atoms with Gasteiger partial charge in [-0.05, 0) is 32.3 Å². The molecule has 6 nitrogen and oxygen atoms in total. The van der Waals surface area contributed by atoms with Gasteiger partial charge in [-0.3, -0.25) is 0 Å². The predicted octanol–water partition coefficient (Wildman–Crippen LogP) is 3.02. The van der Waals surface area contributed by atoms with Crippen LogP contribution in [0.2, 0.25) is 0 Å². The summed E-state index contributed by atoms with van der Waals surface area (Å²) in [6, 6.07) is 1.74. The van der Waals surface area contributed by atoms with E-state index in [4.69, 9.17) is 9.47 Å². The van der Waals surface area contributed by atoms with Crippen molar-refractivity contribution >= 4 is 17.3 Å². The van der Waals surface area contributed by atoms with Crippen molar-refractivity contribution < 1.29 is 14.3 Å². The predicted molar refractivity (Wildman–Crippen MR) is 86.3 cm³/mol. The van der Waals surface area contributed by atoms with Gasteiger partial charge in [0.15, 0.2) is 10.8 Å². The number of esters is 1. The molecule has 2 heterocycles. The van der Waals surface area contributed by atoms with Crippen molar-refractivity contribution in [2.75, 3.05) is 7.11 Å². The molecule has 0 N–H and O–H groups in total. The topological polar surface area (TPSA) is 74.2 Å². The summed E-state index contributed by atoms with van der Waals surface area (Å²) in [5, 5.41) is 0.627. The van der Waals surface area contributed by atoms with Crippen molar-refractivity contribution in [3.8, 4) is 10.8 Å². The first kappa shape index (κ1) is 16.0. The molecule has 2 aromatic heterocycles. The summed E-state index contributed by atoms with van der Waals surface area (Å²) in [7, 11) is 1.67. The van der Waals surface area contributed by atoms with Gasteiger partial charge in [-0.1, -0.05) is 6.42 Å². The average Bonchev–Trinajstić information content (AvgIpc) is 2.98. The Morgan fingerprint density at radius 3 is 2.61 bits per heavy atom. The molecule has 0 unspecified atom stereocenters. The smallest absolute Gasteiger partial charge is 0.350 e. The quantitative estimate of drug-likeness (QED) is 0.801. The maximum atomic E-state index is 12.5. The number of carbonyl (C=O) groups excluding carboxylic acids is 1. The summed E-state index contributed by atoms with van der Waals surface area (Å²) in [5.74, 6) is 0.184. The van der Waals surface area contributed by atoms with Crippen LogP contribution >= 0.6 is 11.3 Å². The molecule has 7 heteroatoms. The molecule has 0 aromatic carbocycles. The lowest BCUT2D eigenvalue weighted by Crippen LogP contribution is -2.35. The SMILES string of the molecule is CO[C@H]1CCCC[C@@H]1OC(=O)c1sc(-c2ncccn2)nc1C. The third-order valence-corrected chi connectivity index (χ3v) is 5.08. The normalized spacial score (nSPS) is 21.1. The highest BCUT2D eigenvalue weighted by Crippen LogP contribution is 2.28. The molecule has 1 fully saturated rings. The van der Waals surface area contributed by atoms with Crippen molar-refractivity contribution in [1.82, 2.24) is 15.0 Å². The van der Waals surface area contributed by atoms with Crippen molar-refractivity contribution in [2.45, 2.75) is 44.8 Å². The Bertz CT molecular complexity index is 674. The van der Waals surface area contributed by atoms with E-state index in [1.165, 1.54) is 11.3 Å². The molecule has 0 amide bonds. The summed E-state index contributed by atoms with van der Waals surface area (Å²) in [5.41, 5.74) is 0.646. The second-order valence-corrected chi connectivity index (χ2v) is 6.51. The number of thiazole rings is 1. The molecule has 3 rings (SSSR count). The molecular formula is C16H19N3O3S. The second kappa shape index (κ2) is 7.14. The van der Waals surface area contributed by atoms with Gasteiger partial charge in [-0.15, -0.1) is 11.3 Å². The lowest BCUT2D eigenvalue weighted by molar-refractivity contribution is -0.0537. The molecule has 1 aliphatic carbocycles. The van der Waals surface area contributed by atoms with Crippen LogP contribution < -0.4 is 0 Å². The van der Waals surface area contributed by atoms with Gasteiger partial charge in [-0.2, -0.15) is 0 Å². The van der Waals surface area contributed by atoms with E-state index in [9.17, 15) is 4.79 Å². The van der Waals surface area contributed by atoms with Gasteiger partial charge in [0.05, 0.1) is 11.8 Å². The van der Waals surface area contributed by atoms with Crippen LogP contribution in [0.5, 0.6) is 0 Å². The minimum Gasteiger partial charge on any atom is -0.455 e. The number of carbonyl (C=O) groups is 1. The Morgan fingerprint density at radius 2 is 1.91 bits per heavy atom. The van der Waals surface area contributed by atoms with Gasteiger partial charge < -0.3 is 9.47 Å². The van der Waals surface area contributed by atoms with Gasteiger partial charge in [0, 0.05) is 19.5 Å². The molecule has 1 saturated carbocycles. The highest BCUT2D eigenvalue weighted by molar-refractivity contribution is 7.16. The zero-order valence-corrected chi connectivity index (χ0v) is 14.0. The maximum Gasteiger partial charge on any atom is 0.350 e. The number of hydrogen-bond acceptors (Lipinski definition) is 7. The summed E-state index contributed by atoms with van der Waals surface area (Å²) in [6.07, 6.45) is 7.06. The Morgan fingerprint density at radius 1 is 1.22 bits per heavy atom. The molecule has 122 valence electrons. The second-order valence-electron chi connectivity index (χ2n) is 5.51. The number of methoxy groups -OCH3 is 1. The molecule has 0 aliphatic heterocycles. The summed E-state index contributed by atoms with van der Waals surface area (Å²) in [4.78, 5) is 25.7. The molecule has 2 aromatic rings. The van der Waals surface area contributed by atoms with E-state index >= 15 is 0 Å². The van der Waals surface area contributed by atoms with Gasteiger partial charge in [0.1, 0.15) is 11.0 Å². The number of hydrogen-bond donors (Lipinski definition) is 0. The van der Waals surface area contributed by atoms with E-state index in [1.807, 2.05) is 0 Å². The molecule has 0 radical (unpaired) electrons. The minimum absolute atomic E-state index is 0.0159. The standard InChI is InChI=1S/C16H19N3O3S/c1-10-13(23-15(19-10)14-17-8-5-9-18-14)16(20)22-12-7-4-3-6-11(12)21-2/h5,8-9,11-12H,3-4,6-7H2,1-2H3/t11-,12-/m0/s1. The van der Waals surface area contributed by atoms with E-state index < -0.39 is 0 Å². The van der Waals surface area contributed by atoms with Crippen molar-refractivity contribution in [3.05, 3.63) is 29.0 Å². The monoisotopic (exact) mass is 333 g/mol. The summed E-state index contributed by atoms with van der Waals surface area (Å²) >= 11 is 1.27. The highest BCUT2D eigenvalue weighted by atomic mass is 32.1. The Labute approximate surface area is 138 Å². The summed E-state index contributed by atoms with van der Waals surface area (Å²) in [6.45, 7) is 1.80. The van der Waals surface area contributed by atoms with Gasteiger partial charge in [0.2, 0.25) is 0 Å². The van der Waals surface area contributed by atoms with Crippen LogP contribution in [0, 0.1) is 6.92 Å². The first-order chi connectivity index (χ1) is 11.2. The molecule has 23 heavy (non-hydrogen) atoms. The van der Waals surface area contributed by atoms with E-state index in [0.717, 1.165) is 25.7 Å². The lowest BCUT2D eigenvalue weighted by Gasteiger charge is -2.29. The van der Waals surface area contributed by atoms with Gasteiger partial charge in [0.25, 0.3) is 0 Å². The molecule has 1 aliphatic rings. The molecule has 0 spiro atoms. The number of rotatable bonds is 4. The van der Waals surface area contributed by atoms with E-state index in [-0.39, 0.29) is 18.2 Å². The first-order valence-corrected chi connectivity index (χ1v) is 8.49. The fraction of sp³-hybridized carbons (Fsp3) is 0.500. The van der Waals surface area contributed by atoms with Crippen LogP contribution in [-0.4, -0.2) is 40.2 Å². The number of ether oxygens (including phenoxy) is 2. The van der Waals surface area contributed by atoms with Crippen molar-refractivity contribution in [1.29, 1.82) is 0 Å². The fourth-order valence-corrected chi connectivity index (χ4v) is 3.65. The zero-order chi connectivity index (χ0) is 16.2. The van der Waals surface area contributed by atoms with Crippen LogP contribution in [0.25, 0.3) is 10.8 Å². The van der Waals surface area contributed by atoms with Crippen LogP contribution in [0.15, 0.2) is 18.5 Å². The molecule has 0 saturated heterocycles. The number of aryl methyl sites for hydroxylation is 1. The van der Waals surface area contributed by atoms with Crippen molar-refractivity contribution in [2.24, 2.45) is 0 Å². The summed E-state index contributed by atoms with van der Waals surface area (Å²) < 4.78 is 11.1. The third kappa shape index (κ3) is 3.56. The molecule has 2 atom stereocenters. The van der Waals surface area contributed by atoms with E-state index in [1.54, 1.807) is 32.5 Å². The van der Waals surface area contributed by atoms with Gasteiger partial charge >= 0.3 is 5.97 Å². The average molecular weight is 333 g/mol. The zero-order valence-electron chi connectivity index (χ0n) is 13.2. The van der Waals surface area contributed by atoms with Gasteiger partial charge in [-0.25, -0.2) is 19.7 Å². The maximum absolute atomic E-state index is 12.5. The van der Waals surface area contributed by atoms with Crippen molar-refractivity contribution in [3.63, 3.8) is 0 Å². The number of aromatic nitrogens is 3. The molecule has 0 bridgehead atoms.